The van der Waals surface area contributed by atoms with Crippen molar-refractivity contribution in [1.82, 2.24) is 20.4 Å². The van der Waals surface area contributed by atoms with Crippen LogP contribution >= 0.6 is 0 Å². The maximum atomic E-state index is 13.1. The van der Waals surface area contributed by atoms with Crippen molar-refractivity contribution < 1.29 is 19.1 Å². The number of carbonyl (C=O) groups excluding carboxylic acids is 3. The molecule has 0 aromatic heterocycles. The number of piperidine rings is 3. The van der Waals surface area contributed by atoms with Crippen molar-refractivity contribution in [3.63, 3.8) is 0 Å². The second-order valence-electron chi connectivity index (χ2n) is 10.2. The Morgan fingerprint density at radius 3 is 2.68 bits per heavy atom. The van der Waals surface area contributed by atoms with E-state index in [1.54, 1.807) is 4.90 Å². The first kappa shape index (κ1) is 23.5. The molecule has 8 heteroatoms. The van der Waals surface area contributed by atoms with Crippen LogP contribution in [0.2, 0.25) is 0 Å². The van der Waals surface area contributed by atoms with Crippen LogP contribution < -0.4 is 10.6 Å². The molecule has 184 valence electrons. The second-order valence-corrected chi connectivity index (χ2v) is 10.2. The maximum absolute atomic E-state index is 13.1. The van der Waals surface area contributed by atoms with Gasteiger partial charge in [0, 0.05) is 44.8 Å². The van der Waals surface area contributed by atoms with Gasteiger partial charge in [-0.05, 0) is 74.7 Å². The molecule has 4 aliphatic heterocycles. The smallest absolute Gasteiger partial charge is 0.255 e. The number of nitrogens with one attached hydrogen (secondary N) is 2. The highest BCUT2D eigenvalue weighted by Gasteiger charge is 2.39. The van der Waals surface area contributed by atoms with E-state index in [4.69, 9.17) is 4.74 Å². The molecule has 4 aliphatic rings. The number of hydrogen-bond acceptors (Lipinski definition) is 6. The molecule has 3 fully saturated rings. The van der Waals surface area contributed by atoms with Gasteiger partial charge in [-0.25, -0.2) is 0 Å². The fraction of sp³-hybridized carbons (Fsp3) is 0.654. The molecule has 2 unspecified atom stereocenters. The normalized spacial score (nSPS) is 26.6. The molecular weight excluding hydrogens is 432 g/mol. The van der Waals surface area contributed by atoms with Gasteiger partial charge in [0.15, 0.2) is 0 Å². The molecule has 34 heavy (non-hydrogen) atoms. The summed E-state index contributed by atoms with van der Waals surface area (Å²) in [6.07, 6.45) is 6.85. The van der Waals surface area contributed by atoms with E-state index >= 15 is 0 Å². The number of ether oxygens (including phenoxy) is 1. The number of benzene rings is 1. The van der Waals surface area contributed by atoms with Gasteiger partial charge in [0.05, 0.1) is 6.10 Å². The lowest BCUT2D eigenvalue weighted by Gasteiger charge is -2.33. The molecule has 3 saturated heterocycles. The number of fused-ring (bicyclic) bond motifs is 1. The third kappa shape index (κ3) is 5.19. The summed E-state index contributed by atoms with van der Waals surface area (Å²) >= 11 is 0. The van der Waals surface area contributed by atoms with E-state index in [1.165, 1.54) is 12.8 Å². The molecular formula is C26H36N4O4. The molecule has 0 spiro atoms. The van der Waals surface area contributed by atoms with E-state index in [0.717, 1.165) is 75.6 Å². The Labute approximate surface area is 201 Å². The minimum absolute atomic E-state index is 0.105. The van der Waals surface area contributed by atoms with Crippen molar-refractivity contribution in [2.75, 3.05) is 32.8 Å². The van der Waals surface area contributed by atoms with Crippen LogP contribution in [0.1, 0.15) is 66.4 Å². The Morgan fingerprint density at radius 1 is 1.06 bits per heavy atom. The summed E-state index contributed by atoms with van der Waals surface area (Å²) in [5, 5.41) is 5.85. The van der Waals surface area contributed by atoms with Gasteiger partial charge in [-0.3, -0.25) is 24.6 Å². The van der Waals surface area contributed by atoms with Crippen molar-refractivity contribution in [2.24, 2.45) is 5.92 Å². The molecule has 0 saturated carbocycles. The lowest BCUT2D eigenvalue weighted by Crippen LogP contribution is -2.52. The van der Waals surface area contributed by atoms with Crippen LogP contribution in [0.4, 0.5) is 0 Å². The van der Waals surface area contributed by atoms with Gasteiger partial charge in [-0.15, -0.1) is 0 Å². The SMILES string of the molecule is O=C1CCC(N2Cc3c(CN4CCC(OCCC5CCCNC5)CC4)cccc3C2=O)C(=O)N1. The molecule has 3 amide bonds. The highest BCUT2D eigenvalue weighted by molar-refractivity contribution is 6.05. The molecule has 1 aromatic rings. The molecule has 0 bridgehead atoms. The number of amides is 3. The van der Waals surface area contributed by atoms with Crippen LogP contribution in [0.5, 0.6) is 0 Å². The molecule has 0 aliphatic carbocycles. The topological polar surface area (TPSA) is 91.0 Å². The van der Waals surface area contributed by atoms with Crippen molar-refractivity contribution in [3.8, 4) is 0 Å². The molecule has 1 aromatic carbocycles. The highest BCUT2D eigenvalue weighted by atomic mass is 16.5. The predicted octanol–water partition coefficient (Wildman–Crippen LogP) is 1.82. The molecule has 0 radical (unpaired) electrons. The fourth-order valence-corrected chi connectivity index (χ4v) is 5.84. The summed E-state index contributed by atoms with van der Waals surface area (Å²) in [6.45, 7) is 6.37. The lowest BCUT2D eigenvalue weighted by atomic mass is 9.96. The molecule has 2 N–H and O–H groups in total. The van der Waals surface area contributed by atoms with Crippen LogP contribution in [-0.4, -0.2) is 72.5 Å². The average Bonchev–Trinajstić information content (AvgIpc) is 3.18. The average molecular weight is 469 g/mol. The number of hydrogen-bond donors (Lipinski definition) is 2. The Hall–Kier alpha value is -2.29. The van der Waals surface area contributed by atoms with Crippen molar-refractivity contribution >= 4 is 17.7 Å². The van der Waals surface area contributed by atoms with Crippen LogP contribution in [0.25, 0.3) is 0 Å². The number of carbonyl (C=O) groups is 3. The first-order valence-corrected chi connectivity index (χ1v) is 12.9. The van der Waals surface area contributed by atoms with Gasteiger partial charge in [-0.1, -0.05) is 12.1 Å². The second kappa shape index (κ2) is 10.5. The van der Waals surface area contributed by atoms with E-state index in [9.17, 15) is 14.4 Å². The van der Waals surface area contributed by atoms with E-state index < -0.39 is 6.04 Å². The van der Waals surface area contributed by atoms with Gasteiger partial charge in [0.25, 0.3) is 5.91 Å². The van der Waals surface area contributed by atoms with Gasteiger partial charge >= 0.3 is 0 Å². The quantitative estimate of drug-likeness (QED) is 0.594. The highest BCUT2D eigenvalue weighted by Crippen LogP contribution is 2.31. The molecule has 5 rings (SSSR count). The minimum atomic E-state index is -0.567. The van der Waals surface area contributed by atoms with Crippen molar-refractivity contribution in [3.05, 3.63) is 34.9 Å². The lowest BCUT2D eigenvalue weighted by molar-refractivity contribution is -0.136. The number of imide groups is 1. The summed E-state index contributed by atoms with van der Waals surface area (Å²) in [4.78, 5) is 41.0. The van der Waals surface area contributed by atoms with Gasteiger partial charge in [0.2, 0.25) is 11.8 Å². The summed E-state index contributed by atoms with van der Waals surface area (Å²) in [7, 11) is 0. The predicted molar refractivity (Wildman–Crippen MR) is 127 cm³/mol. The van der Waals surface area contributed by atoms with Crippen molar-refractivity contribution in [2.45, 2.75) is 70.2 Å². The zero-order valence-electron chi connectivity index (χ0n) is 19.9. The first-order chi connectivity index (χ1) is 16.6. The minimum Gasteiger partial charge on any atom is -0.378 e. The van der Waals surface area contributed by atoms with Gasteiger partial charge < -0.3 is 15.0 Å². The van der Waals surface area contributed by atoms with Crippen LogP contribution in [0.15, 0.2) is 18.2 Å². The number of likely N-dealkylation sites (tertiary alicyclic amines) is 1. The van der Waals surface area contributed by atoms with E-state index in [2.05, 4.69) is 21.6 Å². The zero-order valence-corrected chi connectivity index (χ0v) is 19.9. The Morgan fingerprint density at radius 2 is 1.91 bits per heavy atom. The zero-order chi connectivity index (χ0) is 23.5. The maximum Gasteiger partial charge on any atom is 0.255 e. The van der Waals surface area contributed by atoms with E-state index in [0.29, 0.717) is 24.6 Å². The molecule has 8 nitrogen and oxygen atoms in total. The molecule has 4 heterocycles. The summed E-state index contributed by atoms with van der Waals surface area (Å²) in [6, 6.07) is 5.33. The van der Waals surface area contributed by atoms with Crippen LogP contribution in [-0.2, 0) is 27.4 Å². The molecule has 2 atom stereocenters. The van der Waals surface area contributed by atoms with E-state index in [1.807, 2.05) is 12.1 Å². The summed E-state index contributed by atoms with van der Waals surface area (Å²) in [5.74, 6) is 0.0355. The fourth-order valence-electron chi connectivity index (χ4n) is 5.84. The summed E-state index contributed by atoms with van der Waals surface area (Å²) < 4.78 is 6.20. The van der Waals surface area contributed by atoms with Crippen molar-refractivity contribution in [1.29, 1.82) is 0 Å². The van der Waals surface area contributed by atoms with Gasteiger partial charge in [0.1, 0.15) is 6.04 Å². The van der Waals surface area contributed by atoms with E-state index in [-0.39, 0.29) is 24.1 Å². The number of rotatable bonds is 7. The Kier molecular flexibility index (Phi) is 7.27. The van der Waals surface area contributed by atoms with Gasteiger partial charge in [-0.2, -0.15) is 0 Å². The number of nitrogens with zero attached hydrogens (tertiary/aromatic N) is 2. The Bertz CT molecular complexity index is 921. The monoisotopic (exact) mass is 468 g/mol. The Balaban J connectivity index is 1.13. The largest absolute Gasteiger partial charge is 0.378 e. The third-order valence-corrected chi connectivity index (χ3v) is 7.89. The van der Waals surface area contributed by atoms with Crippen LogP contribution in [0.3, 0.4) is 0 Å². The standard InChI is InChI=1S/C26H36N4O4/c31-24-7-6-23(25(32)28-24)30-17-22-19(4-1-5-21(22)26(30)33)16-29-12-8-20(9-13-29)34-14-10-18-3-2-11-27-15-18/h1,4-5,18,20,23,27H,2-3,6-17H2,(H,28,31,32). The first-order valence-electron chi connectivity index (χ1n) is 12.9. The van der Waals surface area contributed by atoms with Crippen LogP contribution in [0, 0.1) is 5.92 Å². The third-order valence-electron chi connectivity index (χ3n) is 7.89. The summed E-state index contributed by atoms with van der Waals surface area (Å²) in [5.41, 5.74) is 2.87.